The van der Waals surface area contributed by atoms with Crippen molar-refractivity contribution in [1.82, 2.24) is 0 Å². The molecule has 2 atom stereocenters. The summed E-state index contributed by atoms with van der Waals surface area (Å²) in [4.78, 5) is 12.7. The molecule has 102 valence electrons. The van der Waals surface area contributed by atoms with E-state index in [9.17, 15) is 20.3 Å². The lowest BCUT2D eigenvalue weighted by Crippen LogP contribution is -2.19. The van der Waals surface area contributed by atoms with E-state index in [2.05, 4.69) is 10.0 Å². The van der Waals surface area contributed by atoms with E-state index in [1.165, 1.54) is 12.1 Å². The van der Waals surface area contributed by atoms with Crippen LogP contribution in [0.5, 0.6) is 0 Å². The van der Waals surface area contributed by atoms with Crippen LogP contribution in [0.2, 0.25) is 0 Å². The average molecular weight is 266 g/mol. The summed E-state index contributed by atoms with van der Waals surface area (Å²) in [6.07, 6.45) is -2.33. The van der Waals surface area contributed by atoms with Gasteiger partial charge in [-0.1, -0.05) is 11.2 Å². The van der Waals surface area contributed by atoms with Gasteiger partial charge < -0.3 is 10.2 Å². The minimum atomic E-state index is -1.26. The molecule has 0 aromatic heterocycles. The van der Waals surface area contributed by atoms with E-state index in [1.807, 2.05) is 0 Å². The number of azide groups is 1. The lowest BCUT2D eigenvalue weighted by molar-refractivity contribution is -0.385. The molecule has 0 aliphatic rings. The number of nitro groups is 1. The monoisotopic (exact) mass is 266 g/mol. The van der Waals surface area contributed by atoms with Crippen LogP contribution in [0.4, 0.5) is 5.69 Å². The molecule has 0 spiro atoms. The molecule has 19 heavy (non-hydrogen) atoms. The minimum Gasteiger partial charge on any atom is -0.390 e. The van der Waals surface area contributed by atoms with Crippen molar-refractivity contribution in [3.8, 4) is 0 Å². The van der Waals surface area contributed by atoms with E-state index >= 15 is 0 Å². The van der Waals surface area contributed by atoms with Crippen molar-refractivity contribution >= 4 is 5.69 Å². The first-order chi connectivity index (χ1) is 8.95. The van der Waals surface area contributed by atoms with Gasteiger partial charge >= 0.3 is 0 Å². The predicted molar refractivity (Wildman–Crippen MR) is 67.4 cm³/mol. The maximum absolute atomic E-state index is 10.7. The molecule has 0 aliphatic carbocycles. The number of aliphatic hydroxyl groups excluding tert-OH is 2. The largest absolute Gasteiger partial charge is 0.390 e. The third-order valence-corrected chi connectivity index (χ3v) is 2.59. The van der Waals surface area contributed by atoms with Gasteiger partial charge in [-0.3, -0.25) is 10.1 Å². The Hall–Kier alpha value is -2.15. The Bertz CT molecular complexity index is 513. The molecular weight excluding hydrogens is 252 g/mol. The maximum Gasteiger partial charge on any atom is 0.270 e. The zero-order valence-corrected chi connectivity index (χ0v) is 10.3. The number of benzene rings is 1. The van der Waals surface area contributed by atoms with Crippen LogP contribution in [-0.4, -0.2) is 27.8 Å². The highest BCUT2D eigenvalue weighted by atomic mass is 16.6. The fourth-order valence-electron chi connectivity index (χ4n) is 1.68. The highest BCUT2D eigenvalue weighted by molar-refractivity contribution is 5.40. The summed E-state index contributed by atoms with van der Waals surface area (Å²) in [5.74, 6) is 0. The van der Waals surface area contributed by atoms with Crippen molar-refractivity contribution in [3.05, 3.63) is 49.9 Å². The SMILES string of the molecule is Cc1cc(C(O)C(O)CCN=[N+]=[N-])cc([N+](=O)[O-])c1. The Kier molecular flexibility index (Phi) is 5.25. The molecule has 8 nitrogen and oxygen atoms in total. The summed E-state index contributed by atoms with van der Waals surface area (Å²) >= 11 is 0. The Morgan fingerprint density at radius 1 is 1.47 bits per heavy atom. The number of hydrogen-bond acceptors (Lipinski definition) is 5. The van der Waals surface area contributed by atoms with E-state index in [1.54, 1.807) is 13.0 Å². The average Bonchev–Trinajstić information content (AvgIpc) is 2.37. The number of nitro benzene ring substituents is 1. The number of aliphatic hydroxyl groups is 2. The zero-order valence-electron chi connectivity index (χ0n) is 10.3. The van der Waals surface area contributed by atoms with Gasteiger partial charge in [0.05, 0.1) is 11.0 Å². The van der Waals surface area contributed by atoms with Crippen LogP contribution in [-0.2, 0) is 0 Å². The summed E-state index contributed by atoms with van der Waals surface area (Å²) < 4.78 is 0. The van der Waals surface area contributed by atoms with Gasteiger partial charge in [-0.05, 0) is 30.0 Å². The fraction of sp³-hybridized carbons (Fsp3) is 0.455. The van der Waals surface area contributed by atoms with E-state index < -0.39 is 17.1 Å². The molecule has 0 amide bonds. The van der Waals surface area contributed by atoms with Crippen molar-refractivity contribution in [1.29, 1.82) is 0 Å². The molecule has 2 N–H and O–H groups in total. The van der Waals surface area contributed by atoms with Crippen molar-refractivity contribution in [3.63, 3.8) is 0 Å². The molecule has 0 saturated heterocycles. The van der Waals surface area contributed by atoms with Crippen LogP contribution in [0, 0.1) is 17.0 Å². The van der Waals surface area contributed by atoms with Gasteiger partial charge in [0, 0.05) is 23.6 Å². The normalized spacial score (nSPS) is 13.4. The topological polar surface area (TPSA) is 132 Å². The van der Waals surface area contributed by atoms with E-state index in [0.717, 1.165) is 0 Å². The zero-order chi connectivity index (χ0) is 14.4. The highest BCUT2D eigenvalue weighted by Gasteiger charge is 2.20. The summed E-state index contributed by atoms with van der Waals surface area (Å²) in [5, 5.41) is 33.6. The fourth-order valence-corrected chi connectivity index (χ4v) is 1.68. The standard InChI is InChI=1S/C11H14N4O4/c1-7-4-8(6-9(5-7)15(18)19)11(17)10(16)2-3-13-14-12/h4-6,10-11,16-17H,2-3H2,1H3. The van der Waals surface area contributed by atoms with Gasteiger partial charge in [-0.15, -0.1) is 0 Å². The molecule has 0 aliphatic heterocycles. The molecule has 1 aromatic carbocycles. The summed E-state index contributed by atoms with van der Waals surface area (Å²) in [6, 6.07) is 4.16. The van der Waals surface area contributed by atoms with Crippen LogP contribution in [0.3, 0.4) is 0 Å². The number of nitrogens with zero attached hydrogens (tertiary/aromatic N) is 4. The molecule has 2 unspecified atom stereocenters. The number of non-ortho nitro benzene ring substituents is 1. The van der Waals surface area contributed by atoms with Gasteiger partial charge in [-0.25, -0.2) is 0 Å². The first-order valence-electron chi connectivity index (χ1n) is 5.58. The van der Waals surface area contributed by atoms with Gasteiger partial charge in [0.25, 0.3) is 5.69 Å². The van der Waals surface area contributed by atoms with Crippen LogP contribution in [0.15, 0.2) is 23.3 Å². The second-order valence-corrected chi connectivity index (χ2v) is 4.11. The molecule has 0 bridgehead atoms. The molecule has 0 heterocycles. The quantitative estimate of drug-likeness (QED) is 0.268. The molecule has 1 rings (SSSR count). The Labute approximate surface area is 109 Å². The minimum absolute atomic E-state index is 0.0443. The predicted octanol–water partition coefficient (Wildman–Crippen LogP) is 2.00. The second-order valence-electron chi connectivity index (χ2n) is 4.11. The van der Waals surface area contributed by atoms with E-state index in [-0.39, 0.29) is 24.2 Å². The molecule has 0 radical (unpaired) electrons. The molecule has 1 aromatic rings. The Balaban J connectivity index is 2.89. The first kappa shape index (κ1) is 14.9. The molecule has 8 heteroatoms. The van der Waals surface area contributed by atoms with Crippen molar-refractivity contribution in [2.45, 2.75) is 25.6 Å². The number of hydrogen-bond donors (Lipinski definition) is 2. The Morgan fingerprint density at radius 2 is 2.16 bits per heavy atom. The van der Waals surface area contributed by atoms with Crippen molar-refractivity contribution < 1.29 is 15.1 Å². The summed E-state index contributed by atoms with van der Waals surface area (Å²) in [5.41, 5.74) is 8.85. The van der Waals surface area contributed by atoms with Gasteiger partial charge in [-0.2, -0.15) is 0 Å². The van der Waals surface area contributed by atoms with Crippen molar-refractivity contribution in [2.24, 2.45) is 5.11 Å². The first-order valence-corrected chi connectivity index (χ1v) is 5.58. The Morgan fingerprint density at radius 3 is 2.74 bits per heavy atom. The lowest BCUT2D eigenvalue weighted by atomic mass is 10.00. The lowest BCUT2D eigenvalue weighted by Gasteiger charge is -2.17. The second kappa shape index (κ2) is 6.69. The number of rotatable bonds is 6. The number of aryl methyl sites for hydroxylation is 1. The molecule has 0 saturated carbocycles. The maximum atomic E-state index is 10.7. The smallest absolute Gasteiger partial charge is 0.270 e. The van der Waals surface area contributed by atoms with Crippen LogP contribution < -0.4 is 0 Å². The summed E-state index contributed by atoms with van der Waals surface area (Å²) in [7, 11) is 0. The molecular formula is C11H14N4O4. The van der Waals surface area contributed by atoms with Gasteiger partial charge in [0.1, 0.15) is 6.10 Å². The van der Waals surface area contributed by atoms with Gasteiger partial charge in [0.15, 0.2) is 0 Å². The van der Waals surface area contributed by atoms with Crippen LogP contribution >= 0.6 is 0 Å². The third-order valence-electron chi connectivity index (χ3n) is 2.59. The third kappa shape index (κ3) is 4.22. The highest BCUT2D eigenvalue weighted by Crippen LogP contribution is 2.25. The van der Waals surface area contributed by atoms with E-state index in [0.29, 0.717) is 5.56 Å². The molecule has 0 fully saturated rings. The van der Waals surface area contributed by atoms with E-state index in [4.69, 9.17) is 5.53 Å². The van der Waals surface area contributed by atoms with Crippen LogP contribution in [0.1, 0.15) is 23.7 Å². The van der Waals surface area contributed by atoms with Crippen LogP contribution in [0.25, 0.3) is 10.4 Å². The van der Waals surface area contributed by atoms with Gasteiger partial charge in [0.2, 0.25) is 0 Å². The summed E-state index contributed by atoms with van der Waals surface area (Å²) in [6.45, 7) is 1.71. The van der Waals surface area contributed by atoms with Crippen molar-refractivity contribution in [2.75, 3.05) is 6.54 Å².